The Morgan fingerprint density at radius 1 is 1.12 bits per heavy atom. The molecule has 0 radical (unpaired) electrons. The highest BCUT2D eigenvalue weighted by Crippen LogP contribution is 2.48. The summed E-state index contributed by atoms with van der Waals surface area (Å²) in [5.41, 5.74) is 7.35. The first-order chi connectivity index (χ1) is 12.1. The molecule has 0 aromatic heterocycles. The third-order valence-corrected chi connectivity index (χ3v) is 4.64. The average molecular weight is 344 g/mol. The van der Waals surface area contributed by atoms with Crippen molar-refractivity contribution in [2.45, 2.75) is 25.3 Å². The van der Waals surface area contributed by atoms with Crippen LogP contribution < -0.4 is 5.73 Å². The van der Waals surface area contributed by atoms with Gasteiger partial charge in [-0.25, -0.2) is 8.78 Å². The molecule has 3 nitrogen and oxygen atoms in total. The van der Waals surface area contributed by atoms with Crippen LogP contribution in [0.2, 0.25) is 0 Å². The lowest BCUT2D eigenvalue weighted by Gasteiger charge is -2.23. The lowest BCUT2D eigenvalue weighted by molar-refractivity contribution is -0.133. The fourth-order valence-corrected chi connectivity index (χ4v) is 3.17. The molecular formula is C20H22F2N2O. The van der Waals surface area contributed by atoms with Crippen LogP contribution in [0.5, 0.6) is 0 Å². The van der Waals surface area contributed by atoms with Gasteiger partial charge in [-0.05, 0) is 48.6 Å². The Morgan fingerprint density at radius 2 is 1.88 bits per heavy atom. The van der Waals surface area contributed by atoms with Gasteiger partial charge in [0.25, 0.3) is 0 Å². The van der Waals surface area contributed by atoms with Crippen LogP contribution in [0.25, 0.3) is 0 Å². The molecular weight excluding hydrogens is 322 g/mol. The SMILES string of the molecule is NCCCN(Cc1ccccc1)C(=O)C1CC1c1ccc(F)c(F)c1. The highest BCUT2D eigenvalue weighted by atomic mass is 19.2. The Balaban J connectivity index is 1.69. The fraction of sp³-hybridized carbons (Fsp3) is 0.350. The molecule has 0 bridgehead atoms. The maximum absolute atomic E-state index is 13.4. The van der Waals surface area contributed by atoms with E-state index in [4.69, 9.17) is 5.73 Å². The Hall–Kier alpha value is -2.27. The number of benzene rings is 2. The van der Waals surface area contributed by atoms with Gasteiger partial charge in [-0.15, -0.1) is 0 Å². The van der Waals surface area contributed by atoms with Crippen molar-refractivity contribution in [1.82, 2.24) is 4.90 Å². The Labute approximate surface area is 146 Å². The van der Waals surface area contributed by atoms with E-state index < -0.39 is 11.6 Å². The fourth-order valence-electron chi connectivity index (χ4n) is 3.17. The summed E-state index contributed by atoms with van der Waals surface area (Å²) < 4.78 is 26.5. The zero-order chi connectivity index (χ0) is 17.8. The van der Waals surface area contributed by atoms with E-state index in [2.05, 4.69) is 0 Å². The number of nitrogens with two attached hydrogens (primary N) is 1. The summed E-state index contributed by atoms with van der Waals surface area (Å²) >= 11 is 0. The lowest BCUT2D eigenvalue weighted by atomic mass is 10.1. The number of nitrogens with zero attached hydrogens (tertiary/aromatic N) is 1. The first-order valence-corrected chi connectivity index (χ1v) is 8.58. The van der Waals surface area contributed by atoms with Gasteiger partial charge in [0.2, 0.25) is 5.91 Å². The molecule has 1 aliphatic carbocycles. The molecule has 5 heteroatoms. The molecule has 0 aliphatic heterocycles. The van der Waals surface area contributed by atoms with E-state index in [-0.39, 0.29) is 17.7 Å². The number of carbonyl (C=O) groups is 1. The number of hydrogen-bond donors (Lipinski definition) is 1. The number of amides is 1. The molecule has 1 amide bonds. The van der Waals surface area contributed by atoms with Gasteiger partial charge >= 0.3 is 0 Å². The highest BCUT2D eigenvalue weighted by Gasteiger charge is 2.45. The predicted octanol–water partition coefficient (Wildman–Crippen LogP) is 3.45. The van der Waals surface area contributed by atoms with Crippen molar-refractivity contribution in [3.63, 3.8) is 0 Å². The lowest BCUT2D eigenvalue weighted by Crippen LogP contribution is -2.34. The van der Waals surface area contributed by atoms with Crippen LogP contribution in [0.15, 0.2) is 48.5 Å². The van der Waals surface area contributed by atoms with Crippen LogP contribution in [0.3, 0.4) is 0 Å². The Kier molecular flexibility index (Phi) is 5.43. The zero-order valence-corrected chi connectivity index (χ0v) is 14.0. The van der Waals surface area contributed by atoms with E-state index in [1.54, 1.807) is 6.07 Å². The summed E-state index contributed by atoms with van der Waals surface area (Å²) in [5, 5.41) is 0. The molecule has 2 N–H and O–H groups in total. The molecule has 132 valence electrons. The summed E-state index contributed by atoms with van der Waals surface area (Å²) in [4.78, 5) is 14.7. The quantitative estimate of drug-likeness (QED) is 0.836. The molecule has 1 aliphatic rings. The molecule has 25 heavy (non-hydrogen) atoms. The van der Waals surface area contributed by atoms with Gasteiger partial charge in [-0.2, -0.15) is 0 Å². The summed E-state index contributed by atoms with van der Waals surface area (Å²) in [6, 6.07) is 13.7. The first kappa shape index (κ1) is 17.5. The molecule has 0 saturated heterocycles. The third-order valence-electron chi connectivity index (χ3n) is 4.64. The number of carbonyl (C=O) groups excluding carboxylic acids is 1. The maximum Gasteiger partial charge on any atom is 0.226 e. The van der Waals surface area contributed by atoms with Crippen molar-refractivity contribution >= 4 is 5.91 Å². The van der Waals surface area contributed by atoms with Crippen molar-refractivity contribution < 1.29 is 13.6 Å². The van der Waals surface area contributed by atoms with E-state index in [0.29, 0.717) is 31.6 Å². The molecule has 1 saturated carbocycles. The molecule has 2 aromatic carbocycles. The summed E-state index contributed by atoms with van der Waals surface area (Å²) in [6.07, 6.45) is 1.42. The van der Waals surface area contributed by atoms with Crippen LogP contribution in [0.4, 0.5) is 8.78 Å². The third kappa shape index (κ3) is 4.23. The minimum atomic E-state index is -0.861. The van der Waals surface area contributed by atoms with Gasteiger partial charge in [0, 0.05) is 19.0 Å². The van der Waals surface area contributed by atoms with Gasteiger partial charge < -0.3 is 10.6 Å². The smallest absolute Gasteiger partial charge is 0.226 e. The van der Waals surface area contributed by atoms with Crippen molar-refractivity contribution in [1.29, 1.82) is 0 Å². The van der Waals surface area contributed by atoms with E-state index in [0.717, 1.165) is 18.1 Å². The minimum Gasteiger partial charge on any atom is -0.338 e. The van der Waals surface area contributed by atoms with E-state index in [1.807, 2.05) is 35.2 Å². The van der Waals surface area contributed by atoms with Crippen molar-refractivity contribution in [2.24, 2.45) is 11.7 Å². The van der Waals surface area contributed by atoms with Gasteiger partial charge in [0.15, 0.2) is 11.6 Å². The highest BCUT2D eigenvalue weighted by molar-refractivity contribution is 5.83. The first-order valence-electron chi connectivity index (χ1n) is 8.58. The van der Waals surface area contributed by atoms with E-state index in [1.165, 1.54) is 6.07 Å². The zero-order valence-electron chi connectivity index (χ0n) is 14.0. The molecule has 2 atom stereocenters. The van der Waals surface area contributed by atoms with Crippen LogP contribution in [-0.2, 0) is 11.3 Å². The number of halogens is 2. The van der Waals surface area contributed by atoms with Crippen LogP contribution in [0, 0.1) is 17.6 Å². The van der Waals surface area contributed by atoms with Crippen LogP contribution >= 0.6 is 0 Å². The van der Waals surface area contributed by atoms with Gasteiger partial charge in [-0.3, -0.25) is 4.79 Å². The van der Waals surface area contributed by atoms with Crippen molar-refractivity contribution in [3.8, 4) is 0 Å². The van der Waals surface area contributed by atoms with Crippen LogP contribution in [0.1, 0.15) is 29.9 Å². The molecule has 1 fully saturated rings. The number of hydrogen-bond acceptors (Lipinski definition) is 2. The molecule has 2 unspecified atom stereocenters. The Bertz CT molecular complexity index is 736. The van der Waals surface area contributed by atoms with Crippen molar-refractivity contribution in [2.75, 3.05) is 13.1 Å². The molecule has 2 aromatic rings. The topological polar surface area (TPSA) is 46.3 Å². The Morgan fingerprint density at radius 3 is 2.56 bits per heavy atom. The largest absolute Gasteiger partial charge is 0.338 e. The standard InChI is InChI=1S/C20H22F2N2O/c21-18-8-7-15(11-19(18)22)16-12-17(16)20(25)24(10-4-9-23)13-14-5-2-1-3-6-14/h1-3,5-8,11,16-17H,4,9-10,12-13,23H2. The minimum absolute atomic E-state index is 0.0289. The summed E-state index contributed by atoms with van der Waals surface area (Å²) in [5.74, 6) is -1.85. The van der Waals surface area contributed by atoms with Gasteiger partial charge in [0.1, 0.15) is 0 Å². The summed E-state index contributed by atoms with van der Waals surface area (Å²) in [6.45, 7) is 1.67. The second-order valence-electron chi connectivity index (χ2n) is 6.51. The molecule has 3 rings (SSSR count). The monoisotopic (exact) mass is 344 g/mol. The maximum atomic E-state index is 13.4. The predicted molar refractivity (Wildman–Crippen MR) is 92.7 cm³/mol. The number of rotatable bonds is 7. The van der Waals surface area contributed by atoms with E-state index in [9.17, 15) is 13.6 Å². The average Bonchev–Trinajstić information content (AvgIpc) is 3.42. The second kappa shape index (κ2) is 7.74. The molecule has 0 spiro atoms. The van der Waals surface area contributed by atoms with E-state index >= 15 is 0 Å². The van der Waals surface area contributed by atoms with Crippen LogP contribution in [-0.4, -0.2) is 23.9 Å². The normalized spacial score (nSPS) is 18.8. The summed E-state index contributed by atoms with van der Waals surface area (Å²) in [7, 11) is 0. The molecule has 0 heterocycles. The van der Waals surface area contributed by atoms with Gasteiger partial charge in [0.05, 0.1) is 0 Å². The van der Waals surface area contributed by atoms with Crippen molar-refractivity contribution in [3.05, 3.63) is 71.3 Å². The second-order valence-corrected chi connectivity index (χ2v) is 6.51. The van der Waals surface area contributed by atoms with Gasteiger partial charge in [-0.1, -0.05) is 36.4 Å².